The van der Waals surface area contributed by atoms with Crippen molar-refractivity contribution in [1.82, 2.24) is 15.1 Å². The van der Waals surface area contributed by atoms with E-state index in [0.717, 1.165) is 5.69 Å². The van der Waals surface area contributed by atoms with Crippen LogP contribution in [0.1, 0.15) is 30.6 Å². The van der Waals surface area contributed by atoms with Crippen molar-refractivity contribution in [3.8, 4) is 5.69 Å². The molecule has 1 atom stereocenters. The molecule has 0 saturated carbocycles. The summed E-state index contributed by atoms with van der Waals surface area (Å²) in [7, 11) is 0. The van der Waals surface area contributed by atoms with E-state index in [0.29, 0.717) is 17.9 Å². The quantitative estimate of drug-likeness (QED) is 0.854. The fourth-order valence-corrected chi connectivity index (χ4v) is 2.13. The van der Waals surface area contributed by atoms with Crippen LogP contribution < -0.4 is 5.32 Å². The minimum absolute atomic E-state index is 0.176. The molecule has 0 aliphatic rings. The summed E-state index contributed by atoms with van der Waals surface area (Å²) in [5, 5.41) is 16.6. The molecule has 1 amide bonds. The van der Waals surface area contributed by atoms with Crippen LogP contribution in [0.25, 0.3) is 5.69 Å². The van der Waals surface area contributed by atoms with Gasteiger partial charge in [0.05, 0.1) is 11.8 Å². The van der Waals surface area contributed by atoms with Gasteiger partial charge in [0.1, 0.15) is 0 Å². The summed E-state index contributed by atoms with van der Waals surface area (Å²) >= 11 is 0. The topological polar surface area (TPSA) is 67.2 Å². The maximum Gasteiger partial charge on any atom is 0.251 e. The summed E-state index contributed by atoms with van der Waals surface area (Å²) in [4.78, 5) is 12.0. The number of benzene rings is 1. The lowest BCUT2D eigenvalue weighted by Gasteiger charge is -2.14. The molecule has 0 radical (unpaired) electrons. The largest absolute Gasteiger partial charge is 0.391 e. The van der Waals surface area contributed by atoms with Crippen LogP contribution in [0.4, 0.5) is 0 Å². The predicted molar refractivity (Wildman–Crippen MR) is 81.4 cm³/mol. The van der Waals surface area contributed by atoms with Crippen molar-refractivity contribution in [2.24, 2.45) is 5.92 Å². The van der Waals surface area contributed by atoms with Gasteiger partial charge in [-0.1, -0.05) is 13.8 Å². The highest BCUT2D eigenvalue weighted by atomic mass is 16.3. The molecule has 1 aromatic heterocycles. The summed E-state index contributed by atoms with van der Waals surface area (Å²) < 4.78 is 1.73. The van der Waals surface area contributed by atoms with Crippen LogP contribution >= 0.6 is 0 Å². The van der Waals surface area contributed by atoms with Crippen LogP contribution in [0.2, 0.25) is 0 Å². The van der Waals surface area contributed by atoms with Gasteiger partial charge in [-0.05, 0) is 42.7 Å². The molecule has 0 aliphatic carbocycles. The third-order valence-corrected chi connectivity index (χ3v) is 3.14. The molecule has 1 aromatic carbocycles. The molecule has 112 valence electrons. The maximum absolute atomic E-state index is 12.0. The number of aromatic nitrogens is 2. The molecule has 0 spiro atoms. The Labute approximate surface area is 124 Å². The predicted octanol–water partition coefficient (Wildman–Crippen LogP) is 2.01. The summed E-state index contributed by atoms with van der Waals surface area (Å²) in [5.74, 6) is 0.232. The van der Waals surface area contributed by atoms with Crippen molar-refractivity contribution in [3.63, 3.8) is 0 Å². The summed E-state index contributed by atoms with van der Waals surface area (Å²) in [5.41, 5.74) is 1.47. The van der Waals surface area contributed by atoms with E-state index in [1.54, 1.807) is 23.0 Å². The van der Waals surface area contributed by atoms with E-state index >= 15 is 0 Å². The molecule has 0 saturated heterocycles. The van der Waals surface area contributed by atoms with Crippen LogP contribution in [0, 0.1) is 5.92 Å². The van der Waals surface area contributed by atoms with Crippen molar-refractivity contribution >= 4 is 5.91 Å². The van der Waals surface area contributed by atoms with Crippen LogP contribution in [-0.4, -0.2) is 33.4 Å². The molecule has 0 fully saturated rings. The number of aliphatic hydroxyl groups excluding tert-OH is 1. The molecule has 5 nitrogen and oxygen atoms in total. The molecule has 1 unspecified atom stereocenters. The molecule has 21 heavy (non-hydrogen) atoms. The van der Waals surface area contributed by atoms with Crippen molar-refractivity contribution in [2.45, 2.75) is 26.4 Å². The lowest BCUT2D eigenvalue weighted by atomic mass is 10.1. The van der Waals surface area contributed by atoms with Gasteiger partial charge in [0.15, 0.2) is 0 Å². The zero-order valence-electron chi connectivity index (χ0n) is 12.4. The fourth-order valence-electron chi connectivity index (χ4n) is 2.13. The van der Waals surface area contributed by atoms with Crippen LogP contribution in [0.3, 0.4) is 0 Å². The minimum Gasteiger partial charge on any atom is -0.391 e. The average molecular weight is 287 g/mol. The van der Waals surface area contributed by atoms with Gasteiger partial charge < -0.3 is 10.4 Å². The van der Waals surface area contributed by atoms with E-state index in [1.165, 1.54) is 0 Å². The Balaban J connectivity index is 1.91. The molecule has 0 aliphatic heterocycles. The Kier molecular flexibility index (Phi) is 5.11. The second kappa shape index (κ2) is 7.04. The summed E-state index contributed by atoms with van der Waals surface area (Å²) in [6, 6.07) is 9.03. The normalized spacial score (nSPS) is 12.4. The fraction of sp³-hybridized carbons (Fsp3) is 0.375. The van der Waals surface area contributed by atoms with E-state index in [2.05, 4.69) is 10.4 Å². The van der Waals surface area contributed by atoms with Gasteiger partial charge in [-0.25, -0.2) is 4.68 Å². The number of hydrogen-bond acceptors (Lipinski definition) is 3. The lowest BCUT2D eigenvalue weighted by Crippen LogP contribution is -2.32. The summed E-state index contributed by atoms with van der Waals surface area (Å²) in [6.45, 7) is 4.36. The molecule has 2 rings (SSSR count). The molecule has 5 heteroatoms. The minimum atomic E-state index is -0.503. The Bertz CT molecular complexity index is 562. The maximum atomic E-state index is 12.0. The zero-order valence-corrected chi connectivity index (χ0v) is 12.4. The molecule has 2 N–H and O–H groups in total. The Morgan fingerprint density at radius 3 is 2.62 bits per heavy atom. The Morgan fingerprint density at radius 1 is 1.33 bits per heavy atom. The van der Waals surface area contributed by atoms with E-state index < -0.39 is 6.10 Å². The van der Waals surface area contributed by atoms with Crippen LogP contribution in [0.5, 0.6) is 0 Å². The van der Waals surface area contributed by atoms with Gasteiger partial charge >= 0.3 is 0 Å². The summed E-state index contributed by atoms with van der Waals surface area (Å²) in [6.07, 6.45) is 3.73. The highest BCUT2D eigenvalue weighted by Gasteiger charge is 2.10. The second-order valence-electron chi connectivity index (χ2n) is 5.49. The highest BCUT2D eigenvalue weighted by molar-refractivity contribution is 5.94. The number of aliphatic hydroxyl groups is 1. The van der Waals surface area contributed by atoms with E-state index in [4.69, 9.17) is 0 Å². The molecule has 0 bridgehead atoms. The number of carbonyl (C=O) groups is 1. The number of nitrogens with one attached hydrogen (secondary N) is 1. The average Bonchev–Trinajstić information content (AvgIpc) is 2.98. The smallest absolute Gasteiger partial charge is 0.251 e. The molecular weight excluding hydrogens is 266 g/mol. The zero-order chi connectivity index (χ0) is 15.2. The van der Waals surface area contributed by atoms with Gasteiger partial charge in [0.2, 0.25) is 0 Å². The van der Waals surface area contributed by atoms with Crippen LogP contribution in [-0.2, 0) is 0 Å². The lowest BCUT2D eigenvalue weighted by molar-refractivity contribution is 0.0900. The van der Waals surface area contributed by atoms with E-state index in [-0.39, 0.29) is 12.5 Å². The van der Waals surface area contributed by atoms with Crippen molar-refractivity contribution in [3.05, 3.63) is 48.3 Å². The number of amides is 1. The first-order valence-corrected chi connectivity index (χ1v) is 7.12. The first-order chi connectivity index (χ1) is 10.1. The molecular formula is C16H21N3O2. The van der Waals surface area contributed by atoms with Gasteiger partial charge in [0.25, 0.3) is 5.91 Å². The molecule has 1 heterocycles. The third kappa shape index (κ3) is 4.43. The SMILES string of the molecule is CC(C)CC(O)CNC(=O)c1ccc(-n2cccn2)cc1. The monoisotopic (exact) mass is 287 g/mol. The standard InChI is InChI=1S/C16H21N3O2/c1-12(2)10-15(20)11-17-16(21)13-4-6-14(7-5-13)19-9-3-8-18-19/h3-9,12,15,20H,10-11H2,1-2H3,(H,17,21). The van der Waals surface area contributed by atoms with Gasteiger partial charge in [-0.3, -0.25) is 4.79 Å². The Morgan fingerprint density at radius 2 is 2.05 bits per heavy atom. The first kappa shape index (κ1) is 15.3. The third-order valence-electron chi connectivity index (χ3n) is 3.14. The number of rotatable bonds is 6. The van der Waals surface area contributed by atoms with Crippen molar-refractivity contribution < 1.29 is 9.90 Å². The number of carbonyl (C=O) groups excluding carboxylic acids is 1. The van der Waals surface area contributed by atoms with Gasteiger partial charge in [0, 0.05) is 24.5 Å². The first-order valence-electron chi connectivity index (χ1n) is 7.12. The van der Waals surface area contributed by atoms with E-state index in [1.807, 2.05) is 38.2 Å². The number of nitrogens with zero attached hydrogens (tertiary/aromatic N) is 2. The second-order valence-corrected chi connectivity index (χ2v) is 5.49. The van der Waals surface area contributed by atoms with Crippen molar-refractivity contribution in [2.75, 3.05) is 6.54 Å². The van der Waals surface area contributed by atoms with Crippen molar-refractivity contribution in [1.29, 1.82) is 0 Å². The van der Waals surface area contributed by atoms with Gasteiger partial charge in [-0.2, -0.15) is 5.10 Å². The number of hydrogen-bond donors (Lipinski definition) is 2. The van der Waals surface area contributed by atoms with E-state index in [9.17, 15) is 9.90 Å². The van der Waals surface area contributed by atoms with Crippen LogP contribution in [0.15, 0.2) is 42.7 Å². The van der Waals surface area contributed by atoms with Gasteiger partial charge in [-0.15, -0.1) is 0 Å². The highest BCUT2D eigenvalue weighted by Crippen LogP contribution is 2.09. The Hall–Kier alpha value is -2.14. The molecule has 2 aromatic rings.